The number of likely N-dealkylation sites (tertiary alicyclic amines) is 1. The molecule has 2 aliphatic heterocycles. The maximum absolute atomic E-state index is 12.9. The summed E-state index contributed by atoms with van der Waals surface area (Å²) in [5, 5.41) is 9.36. The first-order chi connectivity index (χ1) is 18.1. The molecule has 5 rings (SSSR count). The molecule has 2 fully saturated rings. The van der Waals surface area contributed by atoms with E-state index < -0.39 is 0 Å². The number of benzene rings is 1. The Labute approximate surface area is 232 Å². The van der Waals surface area contributed by atoms with Crippen molar-refractivity contribution in [1.82, 2.24) is 14.9 Å². The molecular formula is C30H41ClN4O3. The predicted octanol–water partition coefficient (Wildman–Crippen LogP) is 4.78. The Kier molecular flexibility index (Phi) is 10.0. The van der Waals surface area contributed by atoms with Crippen molar-refractivity contribution in [2.75, 3.05) is 44.3 Å². The van der Waals surface area contributed by atoms with Crippen LogP contribution in [0.15, 0.2) is 42.7 Å². The Hall–Kier alpha value is -2.64. The number of hydrogen-bond acceptors (Lipinski definition) is 6. The van der Waals surface area contributed by atoms with Crippen LogP contribution in [0.4, 0.5) is 5.95 Å². The zero-order valence-electron chi connectivity index (χ0n) is 22.4. The van der Waals surface area contributed by atoms with Crippen LogP contribution >= 0.6 is 12.4 Å². The number of ether oxygens (including phenoxy) is 1. The summed E-state index contributed by atoms with van der Waals surface area (Å²) in [5.41, 5.74) is 3.72. The minimum Gasteiger partial charge on any atom is -0.493 e. The molecule has 2 aromatic rings. The van der Waals surface area contributed by atoms with Crippen LogP contribution in [0.5, 0.6) is 5.75 Å². The number of anilines is 1. The fourth-order valence-corrected chi connectivity index (χ4v) is 5.73. The van der Waals surface area contributed by atoms with Gasteiger partial charge in [-0.25, -0.2) is 9.97 Å². The van der Waals surface area contributed by atoms with Gasteiger partial charge in [-0.3, -0.25) is 4.79 Å². The van der Waals surface area contributed by atoms with E-state index in [4.69, 9.17) is 4.74 Å². The Morgan fingerprint density at radius 3 is 2.34 bits per heavy atom. The van der Waals surface area contributed by atoms with Gasteiger partial charge in [0.05, 0.1) is 6.61 Å². The zero-order valence-corrected chi connectivity index (χ0v) is 23.2. The van der Waals surface area contributed by atoms with Crippen molar-refractivity contribution < 1.29 is 14.6 Å². The van der Waals surface area contributed by atoms with Crippen LogP contribution in [0.25, 0.3) is 5.57 Å². The van der Waals surface area contributed by atoms with Crippen LogP contribution in [0.3, 0.4) is 0 Å². The molecule has 2 unspecified atom stereocenters. The molecule has 1 N–H and O–H groups in total. The fraction of sp³-hybridized carbons (Fsp3) is 0.567. The lowest BCUT2D eigenvalue weighted by atomic mass is 9.86. The van der Waals surface area contributed by atoms with Crippen molar-refractivity contribution in [3.8, 4) is 5.75 Å². The fourth-order valence-electron chi connectivity index (χ4n) is 5.73. The maximum Gasteiger partial charge on any atom is 0.226 e. The number of nitrogens with zero attached hydrogens (tertiary/aromatic N) is 4. The molecule has 0 bridgehead atoms. The Balaban J connectivity index is 0.00000336. The van der Waals surface area contributed by atoms with Crippen LogP contribution < -0.4 is 9.64 Å². The molecule has 2 atom stereocenters. The average molecular weight is 541 g/mol. The molecule has 1 aliphatic carbocycles. The van der Waals surface area contributed by atoms with Crippen LogP contribution in [0.2, 0.25) is 0 Å². The van der Waals surface area contributed by atoms with Gasteiger partial charge in [-0.1, -0.05) is 25.1 Å². The lowest BCUT2D eigenvalue weighted by Crippen LogP contribution is -2.36. The van der Waals surface area contributed by atoms with Gasteiger partial charge in [-0.2, -0.15) is 0 Å². The van der Waals surface area contributed by atoms with E-state index in [0.717, 1.165) is 82.9 Å². The van der Waals surface area contributed by atoms with E-state index in [2.05, 4.69) is 52.1 Å². The third-order valence-electron chi connectivity index (χ3n) is 8.32. The van der Waals surface area contributed by atoms with Crippen LogP contribution in [0.1, 0.15) is 56.6 Å². The van der Waals surface area contributed by atoms with Crippen molar-refractivity contribution in [2.45, 2.75) is 51.9 Å². The smallest absolute Gasteiger partial charge is 0.226 e. The molecule has 2 saturated heterocycles. The summed E-state index contributed by atoms with van der Waals surface area (Å²) < 4.78 is 6.15. The topological polar surface area (TPSA) is 78.8 Å². The van der Waals surface area contributed by atoms with Gasteiger partial charge in [-0.15, -0.1) is 12.4 Å². The number of rotatable bonds is 8. The monoisotopic (exact) mass is 540 g/mol. The Morgan fingerprint density at radius 1 is 1.03 bits per heavy atom. The van der Waals surface area contributed by atoms with Crippen LogP contribution in [-0.4, -0.2) is 65.3 Å². The van der Waals surface area contributed by atoms with Crippen molar-refractivity contribution in [2.24, 2.45) is 17.8 Å². The van der Waals surface area contributed by atoms with E-state index in [-0.39, 0.29) is 36.8 Å². The number of carbonyl (C=O) groups is 1. The molecule has 1 aromatic heterocycles. The van der Waals surface area contributed by atoms with E-state index in [0.29, 0.717) is 12.5 Å². The number of piperidine rings is 1. The second-order valence-corrected chi connectivity index (χ2v) is 10.8. The number of aromatic nitrogens is 2. The van der Waals surface area contributed by atoms with E-state index in [9.17, 15) is 9.90 Å². The highest BCUT2D eigenvalue weighted by molar-refractivity contribution is 5.85. The lowest BCUT2D eigenvalue weighted by Gasteiger charge is -2.31. The zero-order chi connectivity index (χ0) is 25.6. The number of aliphatic hydroxyl groups is 1. The van der Waals surface area contributed by atoms with Gasteiger partial charge < -0.3 is 19.6 Å². The molecule has 3 aliphatic rings. The van der Waals surface area contributed by atoms with Gasteiger partial charge >= 0.3 is 0 Å². The van der Waals surface area contributed by atoms with E-state index in [1.165, 1.54) is 16.7 Å². The summed E-state index contributed by atoms with van der Waals surface area (Å²) in [5.74, 6) is 2.91. The van der Waals surface area contributed by atoms with Gasteiger partial charge in [0.2, 0.25) is 11.9 Å². The Morgan fingerprint density at radius 2 is 1.74 bits per heavy atom. The summed E-state index contributed by atoms with van der Waals surface area (Å²) in [6.07, 6.45) is 12.8. The molecule has 3 heterocycles. The van der Waals surface area contributed by atoms with Gasteiger partial charge in [0.25, 0.3) is 0 Å². The van der Waals surface area contributed by atoms with Crippen molar-refractivity contribution >= 4 is 29.8 Å². The summed E-state index contributed by atoms with van der Waals surface area (Å²) >= 11 is 0. The first-order valence-corrected chi connectivity index (χ1v) is 14.0. The molecule has 0 spiro atoms. The molecule has 38 heavy (non-hydrogen) atoms. The van der Waals surface area contributed by atoms with Gasteiger partial charge in [0.1, 0.15) is 5.75 Å². The van der Waals surface area contributed by atoms with Gasteiger partial charge in [0, 0.05) is 57.0 Å². The largest absolute Gasteiger partial charge is 0.493 e. The van der Waals surface area contributed by atoms with Gasteiger partial charge in [-0.05, 0) is 79.7 Å². The van der Waals surface area contributed by atoms with Crippen molar-refractivity contribution in [1.29, 1.82) is 0 Å². The SMILES string of the molecule is CCc1cnc(N2CCC(COc3ccc(C4=CCC(C(=O)N5CCC(CO)C5)CC4)cc3)CC2)nc1.Cl. The molecule has 1 amide bonds. The second-order valence-electron chi connectivity index (χ2n) is 10.8. The molecule has 0 radical (unpaired) electrons. The molecule has 1 aromatic carbocycles. The highest BCUT2D eigenvalue weighted by atomic mass is 35.5. The van der Waals surface area contributed by atoms with Gasteiger partial charge in [0.15, 0.2) is 0 Å². The molecule has 8 heteroatoms. The summed E-state index contributed by atoms with van der Waals surface area (Å²) in [7, 11) is 0. The second kappa shape index (κ2) is 13.4. The number of amides is 1. The Bertz CT molecular complexity index is 1070. The highest BCUT2D eigenvalue weighted by Gasteiger charge is 2.31. The van der Waals surface area contributed by atoms with Crippen molar-refractivity contribution in [3.05, 3.63) is 53.9 Å². The normalized spacial score (nSPS) is 22.1. The molecule has 0 saturated carbocycles. The number of allylic oxidation sites excluding steroid dienone is 2. The van der Waals surface area contributed by atoms with Crippen LogP contribution in [0, 0.1) is 17.8 Å². The first-order valence-electron chi connectivity index (χ1n) is 14.0. The number of hydrogen-bond donors (Lipinski definition) is 1. The quantitative estimate of drug-likeness (QED) is 0.519. The highest BCUT2D eigenvalue weighted by Crippen LogP contribution is 2.33. The number of carbonyl (C=O) groups excluding carboxylic acids is 1. The third-order valence-corrected chi connectivity index (χ3v) is 8.32. The maximum atomic E-state index is 12.9. The third kappa shape index (κ3) is 6.86. The number of aryl methyl sites for hydroxylation is 1. The van der Waals surface area contributed by atoms with E-state index >= 15 is 0 Å². The van der Waals surface area contributed by atoms with Crippen molar-refractivity contribution in [3.63, 3.8) is 0 Å². The summed E-state index contributed by atoms with van der Waals surface area (Å²) in [4.78, 5) is 26.1. The predicted molar refractivity (Wildman–Crippen MR) is 153 cm³/mol. The summed E-state index contributed by atoms with van der Waals surface area (Å²) in [6, 6.07) is 8.45. The minimum absolute atomic E-state index is 0. The average Bonchev–Trinajstić information content (AvgIpc) is 3.46. The van der Waals surface area contributed by atoms with E-state index in [1.54, 1.807) is 0 Å². The summed E-state index contributed by atoms with van der Waals surface area (Å²) in [6.45, 7) is 6.48. The minimum atomic E-state index is 0. The first kappa shape index (κ1) is 28.4. The number of halogens is 1. The van der Waals surface area contributed by atoms with Crippen LogP contribution in [-0.2, 0) is 11.2 Å². The van der Waals surface area contributed by atoms with E-state index in [1.807, 2.05) is 17.3 Å². The number of aliphatic hydroxyl groups excluding tert-OH is 1. The standard InChI is InChI=1S/C30H40N4O3.ClH/c1-2-22-17-31-30(32-18-22)33-14-11-23(12-15-33)21-37-28-9-7-26(8-10-28)25-3-5-27(6-4-25)29(36)34-16-13-24(19-34)20-35;/h3,7-10,17-18,23-24,27,35H,2,4-6,11-16,19-21H2,1H3;1H. The molecule has 7 nitrogen and oxygen atoms in total. The molecular weight excluding hydrogens is 500 g/mol. The lowest BCUT2D eigenvalue weighted by molar-refractivity contribution is -0.134. The molecule has 206 valence electrons.